The number of thiazole rings is 1. The summed E-state index contributed by atoms with van der Waals surface area (Å²) in [4.78, 5) is 18.6. The highest BCUT2D eigenvalue weighted by molar-refractivity contribution is 7.97. The van der Waals surface area contributed by atoms with Crippen molar-refractivity contribution in [3.63, 3.8) is 0 Å². The van der Waals surface area contributed by atoms with E-state index < -0.39 is 0 Å². The summed E-state index contributed by atoms with van der Waals surface area (Å²) in [6, 6.07) is 3.90. The van der Waals surface area contributed by atoms with Crippen LogP contribution in [0.2, 0.25) is 0 Å². The van der Waals surface area contributed by atoms with E-state index in [0.29, 0.717) is 6.54 Å². The SMILES string of the molecule is CSCc1nc(CNC(=O)c2ccc([C@H]3CCCO3)s2)cs1. The minimum Gasteiger partial charge on any atom is -0.373 e. The molecule has 22 heavy (non-hydrogen) atoms. The molecule has 2 aromatic heterocycles. The molecule has 1 fully saturated rings. The van der Waals surface area contributed by atoms with Crippen LogP contribution in [0.1, 0.15) is 44.2 Å². The predicted octanol–water partition coefficient (Wildman–Crippen LogP) is 3.85. The summed E-state index contributed by atoms with van der Waals surface area (Å²) in [5.74, 6) is 0.891. The summed E-state index contributed by atoms with van der Waals surface area (Å²) in [6.07, 6.45) is 4.40. The Morgan fingerprint density at radius 1 is 1.55 bits per heavy atom. The van der Waals surface area contributed by atoms with Crippen LogP contribution in [0.5, 0.6) is 0 Å². The lowest BCUT2D eigenvalue weighted by atomic mass is 10.2. The van der Waals surface area contributed by atoms with Gasteiger partial charge in [0.15, 0.2) is 0 Å². The molecule has 3 rings (SSSR count). The Morgan fingerprint density at radius 3 is 3.23 bits per heavy atom. The summed E-state index contributed by atoms with van der Waals surface area (Å²) in [5.41, 5.74) is 0.929. The van der Waals surface area contributed by atoms with Gasteiger partial charge in [0.05, 0.1) is 23.2 Å². The van der Waals surface area contributed by atoms with E-state index in [0.717, 1.165) is 45.7 Å². The van der Waals surface area contributed by atoms with E-state index in [1.165, 1.54) is 11.3 Å². The minimum absolute atomic E-state index is 0.0336. The van der Waals surface area contributed by atoms with Crippen molar-refractivity contribution in [3.8, 4) is 0 Å². The average molecular weight is 355 g/mol. The molecule has 0 unspecified atom stereocenters. The molecule has 0 spiro atoms. The van der Waals surface area contributed by atoms with E-state index in [2.05, 4.69) is 16.6 Å². The number of nitrogens with zero attached hydrogens (tertiary/aromatic N) is 1. The molecule has 7 heteroatoms. The molecule has 1 aliphatic heterocycles. The smallest absolute Gasteiger partial charge is 0.261 e. The van der Waals surface area contributed by atoms with E-state index in [4.69, 9.17) is 4.74 Å². The molecule has 1 aliphatic rings. The van der Waals surface area contributed by atoms with E-state index in [1.807, 2.05) is 17.5 Å². The van der Waals surface area contributed by atoms with Crippen molar-refractivity contribution in [1.29, 1.82) is 0 Å². The normalized spacial score (nSPS) is 17.8. The van der Waals surface area contributed by atoms with Gasteiger partial charge in [-0.15, -0.1) is 22.7 Å². The van der Waals surface area contributed by atoms with Gasteiger partial charge < -0.3 is 10.1 Å². The van der Waals surface area contributed by atoms with Crippen LogP contribution in [-0.4, -0.2) is 23.8 Å². The third-order valence-corrected chi connectivity index (χ3v) is 6.21. The number of carbonyl (C=O) groups is 1. The van der Waals surface area contributed by atoms with Crippen molar-refractivity contribution in [2.45, 2.75) is 31.2 Å². The van der Waals surface area contributed by atoms with Crippen LogP contribution < -0.4 is 5.32 Å². The molecule has 0 saturated carbocycles. The summed E-state index contributed by atoms with van der Waals surface area (Å²) < 4.78 is 5.66. The van der Waals surface area contributed by atoms with Crippen LogP contribution in [0.25, 0.3) is 0 Å². The molecule has 0 radical (unpaired) electrons. The van der Waals surface area contributed by atoms with Crippen molar-refractivity contribution >= 4 is 40.3 Å². The Labute approximate surface area is 142 Å². The molecule has 3 heterocycles. The maximum absolute atomic E-state index is 12.2. The van der Waals surface area contributed by atoms with Gasteiger partial charge in [-0.25, -0.2) is 4.98 Å². The lowest BCUT2D eigenvalue weighted by molar-refractivity contribution is 0.0954. The van der Waals surface area contributed by atoms with Gasteiger partial charge >= 0.3 is 0 Å². The Kier molecular flexibility index (Phi) is 5.51. The van der Waals surface area contributed by atoms with Gasteiger partial charge in [0, 0.05) is 22.6 Å². The first kappa shape index (κ1) is 16.0. The number of nitrogens with one attached hydrogen (secondary N) is 1. The van der Waals surface area contributed by atoms with E-state index >= 15 is 0 Å². The highest BCUT2D eigenvalue weighted by Gasteiger charge is 2.20. The Hall–Kier alpha value is -0.890. The first-order chi connectivity index (χ1) is 10.8. The lowest BCUT2D eigenvalue weighted by Gasteiger charge is -2.05. The van der Waals surface area contributed by atoms with Crippen LogP contribution in [-0.2, 0) is 17.0 Å². The molecule has 4 nitrogen and oxygen atoms in total. The third kappa shape index (κ3) is 3.90. The number of amides is 1. The summed E-state index contributed by atoms with van der Waals surface area (Å²) in [5, 5.41) is 6.06. The maximum atomic E-state index is 12.2. The van der Waals surface area contributed by atoms with E-state index in [9.17, 15) is 4.79 Å². The average Bonchev–Trinajstić information content (AvgIpc) is 3.25. The van der Waals surface area contributed by atoms with Gasteiger partial charge in [-0.1, -0.05) is 0 Å². The standard InChI is InChI=1S/C15H18N2O2S3/c1-20-9-14-17-10(8-21-14)7-16-15(18)13-5-4-12(22-13)11-3-2-6-19-11/h4-5,8,11H,2-3,6-7,9H2,1H3,(H,16,18)/t11-/m1/s1. The molecular formula is C15H18N2O2S3. The quantitative estimate of drug-likeness (QED) is 0.856. The first-order valence-electron chi connectivity index (χ1n) is 7.18. The minimum atomic E-state index is -0.0336. The zero-order valence-corrected chi connectivity index (χ0v) is 14.8. The van der Waals surface area contributed by atoms with Gasteiger partial charge in [-0.05, 0) is 31.2 Å². The molecular weight excluding hydrogens is 336 g/mol. The second kappa shape index (κ2) is 7.59. The Balaban J connectivity index is 1.54. The second-order valence-corrected chi connectivity index (χ2v) is 7.98. The number of hydrogen-bond acceptors (Lipinski definition) is 6. The molecule has 0 aliphatic carbocycles. The maximum Gasteiger partial charge on any atom is 0.261 e. The third-order valence-electron chi connectivity index (χ3n) is 3.39. The molecule has 1 saturated heterocycles. The van der Waals surface area contributed by atoms with Gasteiger partial charge in [0.2, 0.25) is 0 Å². The predicted molar refractivity (Wildman–Crippen MR) is 92.7 cm³/mol. The topological polar surface area (TPSA) is 51.2 Å². The summed E-state index contributed by atoms with van der Waals surface area (Å²) in [7, 11) is 0. The molecule has 1 N–H and O–H groups in total. The van der Waals surface area contributed by atoms with Gasteiger partial charge in [0.1, 0.15) is 5.01 Å². The number of aromatic nitrogens is 1. The molecule has 1 atom stereocenters. The first-order valence-corrected chi connectivity index (χ1v) is 10.3. The van der Waals surface area contributed by atoms with E-state index in [-0.39, 0.29) is 12.0 Å². The van der Waals surface area contributed by atoms with Gasteiger partial charge in [-0.3, -0.25) is 4.79 Å². The van der Waals surface area contributed by atoms with Crippen LogP contribution >= 0.6 is 34.4 Å². The van der Waals surface area contributed by atoms with Crippen molar-refractivity contribution < 1.29 is 9.53 Å². The van der Waals surface area contributed by atoms with E-state index in [1.54, 1.807) is 23.1 Å². The molecule has 1 amide bonds. The fraction of sp³-hybridized carbons (Fsp3) is 0.467. The zero-order chi connectivity index (χ0) is 15.4. The van der Waals surface area contributed by atoms with Crippen molar-refractivity contribution in [1.82, 2.24) is 10.3 Å². The van der Waals surface area contributed by atoms with Crippen LogP contribution in [0.3, 0.4) is 0 Å². The van der Waals surface area contributed by atoms with Crippen molar-refractivity contribution in [2.24, 2.45) is 0 Å². The summed E-state index contributed by atoms with van der Waals surface area (Å²) in [6.45, 7) is 1.31. The zero-order valence-electron chi connectivity index (χ0n) is 12.3. The number of hydrogen-bond donors (Lipinski definition) is 1. The number of rotatable bonds is 6. The Bertz CT molecular complexity index is 632. The highest BCUT2D eigenvalue weighted by Crippen LogP contribution is 2.33. The number of thioether (sulfide) groups is 1. The lowest BCUT2D eigenvalue weighted by Crippen LogP contribution is -2.21. The highest BCUT2D eigenvalue weighted by atomic mass is 32.2. The second-order valence-electron chi connectivity index (χ2n) is 5.05. The largest absolute Gasteiger partial charge is 0.373 e. The van der Waals surface area contributed by atoms with Gasteiger partial charge in [-0.2, -0.15) is 11.8 Å². The van der Waals surface area contributed by atoms with Crippen LogP contribution in [0.15, 0.2) is 17.5 Å². The molecule has 0 bridgehead atoms. The van der Waals surface area contributed by atoms with Crippen LogP contribution in [0, 0.1) is 0 Å². The molecule has 0 aromatic carbocycles. The Morgan fingerprint density at radius 2 is 2.45 bits per heavy atom. The molecule has 2 aromatic rings. The monoisotopic (exact) mass is 354 g/mol. The summed E-state index contributed by atoms with van der Waals surface area (Å²) >= 11 is 4.93. The number of ether oxygens (including phenoxy) is 1. The number of thiophene rings is 1. The van der Waals surface area contributed by atoms with Crippen molar-refractivity contribution in [2.75, 3.05) is 12.9 Å². The van der Waals surface area contributed by atoms with Gasteiger partial charge in [0.25, 0.3) is 5.91 Å². The fourth-order valence-electron chi connectivity index (χ4n) is 2.33. The molecule has 118 valence electrons. The fourth-order valence-corrected chi connectivity index (χ4v) is 4.85. The number of carbonyl (C=O) groups excluding carboxylic acids is 1. The van der Waals surface area contributed by atoms with Crippen molar-refractivity contribution in [3.05, 3.63) is 38.0 Å². The van der Waals surface area contributed by atoms with Crippen LogP contribution in [0.4, 0.5) is 0 Å².